The van der Waals surface area contributed by atoms with Crippen molar-refractivity contribution >= 4 is 11.8 Å². The molecule has 0 aromatic heterocycles. The van der Waals surface area contributed by atoms with Crippen molar-refractivity contribution in [1.82, 2.24) is 5.32 Å². The molecule has 0 saturated carbocycles. The maximum absolute atomic E-state index is 8.95. The van der Waals surface area contributed by atoms with Crippen LogP contribution in [0.15, 0.2) is 0 Å². The Hall–Kier alpha value is 0.230. The second-order valence-electron chi connectivity index (χ2n) is 6.90. The number of aliphatic hydroxyl groups is 1. The van der Waals surface area contributed by atoms with Gasteiger partial charge in [-0.25, -0.2) is 0 Å². The van der Waals surface area contributed by atoms with Gasteiger partial charge in [-0.3, -0.25) is 0 Å². The van der Waals surface area contributed by atoms with Crippen LogP contribution in [0.1, 0.15) is 46.0 Å². The third-order valence-electron chi connectivity index (χ3n) is 4.44. The van der Waals surface area contributed by atoms with Gasteiger partial charge in [0, 0.05) is 31.6 Å². The Balaban J connectivity index is 1.76. The predicted octanol–water partition coefficient (Wildman–Crippen LogP) is 2.43. The molecule has 2 aliphatic heterocycles. The van der Waals surface area contributed by atoms with Crippen LogP contribution >= 0.6 is 11.8 Å². The Morgan fingerprint density at radius 1 is 1.47 bits per heavy atom. The Morgan fingerprint density at radius 2 is 2.32 bits per heavy atom. The lowest BCUT2D eigenvalue weighted by atomic mass is 9.86. The molecule has 112 valence electrons. The Bertz CT molecular complexity index is 277. The maximum atomic E-state index is 8.95. The van der Waals surface area contributed by atoms with E-state index in [9.17, 15) is 0 Å². The van der Waals surface area contributed by atoms with Crippen molar-refractivity contribution in [3.63, 3.8) is 0 Å². The van der Waals surface area contributed by atoms with E-state index < -0.39 is 0 Å². The number of aliphatic hydroxyl groups excluding tert-OH is 1. The van der Waals surface area contributed by atoms with E-state index in [1.807, 2.05) is 11.8 Å². The monoisotopic (exact) mass is 287 g/mol. The average molecular weight is 287 g/mol. The number of hydrogen-bond donors (Lipinski definition) is 2. The molecule has 2 atom stereocenters. The molecule has 4 heteroatoms. The number of thioether (sulfide) groups is 1. The minimum Gasteiger partial charge on any atom is -0.396 e. The lowest BCUT2D eigenvalue weighted by Crippen LogP contribution is -2.49. The van der Waals surface area contributed by atoms with Crippen LogP contribution in [0.3, 0.4) is 0 Å². The van der Waals surface area contributed by atoms with Crippen molar-refractivity contribution < 1.29 is 9.84 Å². The van der Waals surface area contributed by atoms with Crippen LogP contribution in [-0.2, 0) is 4.74 Å². The molecule has 19 heavy (non-hydrogen) atoms. The second kappa shape index (κ2) is 6.79. The standard InChI is InChI=1S/C15H29NO2S/c1-14(2,5-3-7-17)11-16-13-4-8-18-15(10-13)6-9-19-12-15/h13,16-17H,3-12H2,1-2H3. The summed E-state index contributed by atoms with van der Waals surface area (Å²) in [5.41, 5.74) is 0.453. The Morgan fingerprint density at radius 3 is 3.00 bits per heavy atom. The summed E-state index contributed by atoms with van der Waals surface area (Å²) < 4.78 is 6.06. The normalized spacial score (nSPS) is 32.1. The fraction of sp³-hybridized carbons (Fsp3) is 1.00. The molecule has 2 N–H and O–H groups in total. The zero-order valence-corrected chi connectivity index (χ0v) is 13.2. The Labute approximate surface area is 121 Å². The molecule has 2 saturated heterocycles. The third-order valence-corrected chi connectivity index (χ3v) is 5.66. The molecule has 2 fully saturated rings. The SMILES string of the molecule is CC(C)(CCCO)CNC1CCOC2(CCSC2)C1. The second-order valence-corrected chi connectivity index (χ2v) is 8.00. The van der Waals surface area contributed by atoms with Crippen LogP contribution < -0.4 is 5.32 Å². The summed E-state index contributed by atoms with van der Waals surface area (Å²) in [4.78, 5) is 0. The summed E-state index contributed by atoms with van der Waals surface area (Å²) in [5.74, 6) is 2.44. The first kappa shape index (κ1) is 15.6. The van der Waals surface area contributed by atoms with Gasteiger partial charge in [0.1, 0.15) is 0 Å². The number of rotatable bonds is 6. The molecule has 2 aliphatic rings. The van der Waals surface area contributed by atoms with Crippen LogP contribution in [0.2, 0.25) is 0 Å². The summed E-state index contributed by atoms with van der Waals surface area (Å²) in [6, 6.07) is 0.612. The highest BCUT2D eigenvalue weighted by Gasteiger charge is 2.40. The van der Waals surface area contributed by atoms with Gasteiger partial charge in [0.25, 0.3) is 0 Å². The lowest BCUT2D eigenvalue weighted by Gasteiger charge is -2.39. The summed E-state index contributed by atoms with van der Waals surface area (Å²) in [6.45, 7) is 6.84. The highest BCUT2D eigenvalue weighted by molar-refractivity contribution is 7.99. The quantitative estimate of drug-likeness (QED) is 0.787. The number of nitrogens with one attached hydrogen (secondary N) is 1. The van der Waals surface area contributed by atoms with Crippen molar-refractivity contribution in [3.05, 3.63) is 0 Å². The van der Waals surface area contributed by atoms with E-state index in [2.05, 4.69) is 19.2 Å². The minimum atomic E-state index is 0.176. The van der Waals surface area contributed by atoms with Crippen LogP contribution in [0, 0.1) is 5.41 Å². The molecular formula is C15H29NO2S. The number of hydrogen-bond acceptors (Lipinski definition) is 4. The zero-order chi connectivity index (χ0) is 13.8. The molecular weight excluding hydrogens is 258 g/mol. The third kappa shape index (κ3) is 4.62. The van der Waals surface area contributed by atoms with Crippen molar-refractivity contribution in [2.24, 2.45) is 5.41 Å². The molecule has 0 aromatic carbocycles. The maximum Gasteiger partial charge on any atom is 0.0795 e. The fourth-order valence-corrected chi connectivity index (χ4v) is 4.51. The molecule has 1 spiro atoms. The van der Waals surface area contributed by atoms with Gasteiger partial charge < -0.3 is 15.2 Å². The molecule has 0 bridgehead atoms. The molecule has 2 unspecified atom stereocenters. The predicted molar refractivity (Wildman–Crippen MR) is 81.8 cm³/mol. The first-order chi connectivity index (χ1) is 9.05. The van der Waals surface area contributed by atoms with E-state index in [0.29, 0.717) is 12.6 Å². The molecule has 0 amide bonds. The lowest BCUT2D eigenvalue weighted by molar-refractivity contribution is -0.0709. The Kier molecular flexibility index (Phi) is 5.58. The van der Waals surface area contributed by atoms with E-state index in [1.54, 1.807) is 0 Å². The molecule has 0 aromatic rings. The highest BCUT2D eigenvalue weighted by Crippen LogP contribution is 2.38. The van der Waals surface area contributed by atoms with Crippen LogP contribution in [0.5, 0.6) is 0 Å². The summed E-state index contributed by atoms with van der Waals surface area (Å²) in [5, 5.41) is 12.7. The highest BCUT2D eigenvalue weighted by atomic mass is 32.2. The van der Waals surface area contributed by atoms with Crippen molar-refractivity contribution in [1.29, 1.82) is 0 Å². The molecule has 2 rings (SSSR count). The van der Waals surface area contributed by atoms with Crippen molar-refractivity contribution in [2.45, 2.75) is 57.6 Å². The number of ether oxygens (including phenoxy) is 1. The van der Waals surface area contributed by atoms with E-state index in [4.69, 9.17) is 9.84 Å². The summed E-state index contributed by atoms with van der Waals surface area (Å²) >= 11 is 2.04. The van der Waals surface area contributed by atoms with Crippen LogP contribution in [0.25, 0.3) is 0 Å². The van der Waals surface area contributed by atoms with Gasteiger partial charge in [-0.05, 0) is 43.3 Å². The van der Waals surface area contributed by atoms with E-state index in [1.165, 1.54) is 24.3 Å². The first-order valence-corrected chi connectivity index (χ1v) is 8.77. The fourth-order valence-electron chi connectivity index (χ4n) is 3.13. The molecule has 3 nitrogen and oxygen atoms in total. The largest absolute Gasteiger partial charge is 0.396 e. The molecule has 2 heterocycles. The van der Waals surface area contributed by atoms with Crippen molar-refractivity contribution in [3.8, 4) is 0 Å². The zero-order valence-electron chi connectivity index (χ0n) is 12.4. The topological polar surface area (TPSA) is 41.5 Å². The van der Waals surface area contributed by atoms with Gasteiger partial charge in [0.15, 0.2) is 0 Å². The summed E-state index contributed by atoms with van der Waals surface area (Å²) in [6.07, 6.45) is 5.53. The van der Waals surface area contributed by atoms with Gasteiger partial charge in [0.2, 0.25) is 0 Å². The van der Waals surface area contributed by atoms with Gasteiger partial charge in [0.05, 0.1) is 5.60 Å². The molecule has 0 aliphatic carbocycles. The van der Waals surface area contributed by atoms with Crippen LogP contribution in [0.4, 0.5) is 0 Å². The first-order valence-electron chi connectivity index (χ1n) is 7.61. The van der Waals surface area contributed by atoms with Gasteiger partial charge >= 0.3 is 0 Å². The molecule has 0 radical (unpaired) electrons. The smallest absolute Gasteiger partial charge is 0.0795 e. The van der Waals surface area contributed by atoms with Gasteiger partial charge in [-0.2, -0.15) is 11.8 Å². The van der Waals surface area contributed by atoms with Crippen LogP contribution in [-0.4, -0.2) is 48.0 Å². The van der Waals surface area contributed by atoms with Crippen molar-refractivity contribution in [2.75, 3.05) is 31.3 Å². The average Bonchev–Trinajstić information content (AvgIpc) is 2.82. The van der Waals surface area contributed by atoms with E-state index in [-0.39, 0.29) is 11.0 Å². The van der Waals surface area contributed by atoms with Gasteiger partial charge in [-0.1, -0.05) is 13.8 Å². The van der Waals surface area contributed by atoms with Gasteiger partial charge in [-0.15, -0.1) is 0 Å². The summed E-state index contributed by atoms with van der Waals surface area (Å²) in [7, 11) is 0. The minimum absolute atomic E-state index is 0.176. The van der Waals surface area contributed by atoms with E-state index in [0.717, 1.165) is 32.4 Å². The van der Waals surface area contributed by atoms with E-state index >= 15 is 0 Å².